The molecule has 0 spiro atoms. The predicted octanol–water partition coefficient (Wildman–Crippen LogP) is -1.71. The van der Waals surface area contributed by atoms with Crippen molar-refractivity contribution < 1.29 is 56.1 Å². The van der Waals surface area contributed by atoms with E-state index in [2.05, 4.69) is 44.8 Å². The number of anilines is 3. The van der Waals surface area contributed by atoms with Gasteiger partial charge in [0.05, 0.1) is 6.61 Å². The fourth-order valence-corrected chi connectivity index (χ4v) is 7.58. The monoisotopic (exact) mass is 586 g/mol. The van der Waals surface area contributed by atoms with Crippen LogP contribution in [0.2, 0.25) is 0 Å². The Bertz CT molecular complexity index is 1110. The molecule has 23 heteroatoms. The van der Waals surface area contributed by atoms with Crippen molar-refractivity contribution >= 4 is 51.6 Å². The fourth-order valence-electron chi connectivity index (χ4n) is 2.80. The molecule has 10 N–H and O–H groups in total. The minimum Gasteiger partial charge on any atom is -0.387 e. The summed E-state index contributed by atoms with van der Waals surface area (Å²) in [6, 6.07) is 0. The fraction of sp³-hybridized carbons (Fsp3) is 0.667. The number of aromatic nitrogens is 2. The number of phosphoric acid groups is 2. The molecule has 0 amide bonds. The van der Waals surface area contributed by atoms with Gasteiger partial charge in [0.2, 0.25) is 5.95 Å². The highest BCUT2D eigenvalue weighted by atomic mass is 32.5. The van der Waals surface area contributed by atoms with Gasteiger partial charge in [0.25, 0.3) is 5.56 Å². The molecule has 19 nitrogen and oxygen atoms in total. The molecule has 7 atom stereocenters. The van der Waals surface area contributed by atoms with Gasteiger partial charge in [-0.15, -0.1) is 0 Å². The Labute approximate surface area is 202 Å². The molecule has 35 heavy (non-hydrogen) atoms. The first-order chi connectivity index (χ1) is 16.0. The van der Waals surface area contributed by atoms with Gasteiger partial charge in [0, 0.05) is 21.3 Å². The molecule has 1 aliphatic heterocycles. The van der Waals surface area contributed by atoms with E-state index in [1.54, 1.807) is 0 Å². The Balaban J connectivity index is 2.12. The van der Waals surface area contributed by atoms with E-state index < -0.39 is 59.1 Å². The number of methoxy groups -OCH3 is 1. The minimum absolute atomic E-state index is 0.127. The van der Waals surface area contributed by atoms with Crippen molar-refractivity contribution in [3.05, 3.63) is 10.4 Å². The maximum absolute atomic E-state index is 12.2. The lowest BCUT2D eigenvalue weighted by molar-refractivity contribution is -0.0158. The van der Waals surface area contributed by atoms with Crippen LogP contribution in [0.25, 0.3) is 0 Å². The number of rotatable bonds is 12. The third-order valence-electron chi connectivity index (χ3n) is 4.20. The first-order valence-electron chi connectivity index (χ1n) is 9.13. The molecule has 1 fully saturated rings. The summed E-state index contributed by atoms with van der Waals surface area (Å²) in [7, 11) is -6.73. The number of ether oxygens (including phenoxy) is 2. The summed E-state index contributed by atoms with van der Waals surface area (Å²) in [6.07, 6.45) is -5.10. The lowest BCUT2D eigenvalue weighted by Crippen LogP contribution is -2.40. The van der Waals surface area contributed by atoms with Crippen LogP contribution in [0.15, 0.2) is 4.79 Å². The number of nitrogen functional groups attached to an aromatic ring is 1. The lowest BCUT2D eigenvalue weighted by Gasteiger charge is -2.23. The zero-order valence-corrected chi connectivity index (χ0v) is 21.8. The van der Waals surface area contributed by atoms with E-state index in [9.17, 15) is 33.7 Å². The van der Waals surface area contributed by atoms with Gasteiger partial charge in [-0.05, 0) is 11.8 Å². The van der Waals surface area contributed by atoms with Crippen LogP contribution in [-0.4, -0.2) is 82.2 Å². The zero-order chi connectivity index (χ0) is 26.8. The largest absolute Gasteiger partial charge is 0.479 e. The summed E-state index contributed by atoms with van der Waals surface area (Å²) in [4.78, 5) is 47.1. The lowest BCUT2D eigenvalue weighted by atomic mass is 10.1. The zero-order valence-electron chi connectivity index (χ0n) is 18.3. The molecule has 1 aliphatic rings. The summed E-state index contributed by atoms with van der Waals surface area (Å²) in [5.41, 5.74) is 4.74. The van der Waals surface area contributed by atoms with Crippen LogP contribution in [0.3, 0.4) is 0 Å². The summed E-state index contributed by atoms with van der Waals surface area (Å²) in [6.45, 7) is -5.60. The van der Waals surface area contributed by atoms with Crippen molar-refractivity contribution in [3.63, 3.8) is 0 Å². The highest BCUT2D eigenvalue weighted by Crippen LogP contribution is 2.67. The first kappa shape index (κ1) is 30.2. The number of aliphatic hydroxyl groups excluding tert-OH is 1. The number of nitrogens with two attached hydrogens (primary N) is 2. The number of nitrogens with one attached hydrogen (secondary N) is 2. The van der Waals surface area contributed by atoms with Crippen molar-refractivity contribution in [1.29, 1.82) is 0 Å². The third-order valence-corrected chi connectivity index (χ3v) is 9.64. The molecular formula is C12H25N6O13P3S. The number of hydrogen-bond donors (Lipinski definition) is 8. The molecule has 7 unspecified atom stereocenters. The molecule has 0 saturated carbocycles. The van der Waals surface area contributed by atoms with Crippen LogP contribution in [-0.2, 0) is 48.1 Å². The smallest absolute Gasteiger partial charge is 0.387 e. The number of hydrazine groups is 1. The van der Waals surface area contributed by atoms with E-state index >= 15 is 0 Å². The van der Waals surface area contributed by atoms with E-state index in [0.717, 1.165) is 12.1 Å². The molecule has 0 aliphatic carbocycles. The predicted molar refractivity (Wildman–Crippen MR) is 122 cm³/mol. The average Bonchev–Trinajstić information content (AvgIpc) is 2.98. The minimum atomic E-state index is -5.21. The summed E-state index contributed by atoms with van der Waals surface area (Å²) >= 11 is 4.39. The molecule has 1 saturated heterocycles. The highest BCUT2D eigenvalue weighted by molar-refractivity contribution is 8.09. The van der Waals surface area contributed by atoms with Crippen molar-refractivity contribution in [2.75, 3.05) is 43.9 Å². The maximum Gasteiger partial charge on any atom is 0.479 e. The van der Waals surface area contributed by atoms with Gasteiger partial charge in [-0.2, -0.15) is 4.98 Å². The number of H-pyrrole nitrogens is 1. The van der Waals surface area contributed by atoms with Gasteiger partial charge < -0.3 is 45.3 Å². The molecule has 2 rings (SSSR count). The normalized spacial score (nSPS) is 27.5. The van der Waals surface area contributed by atoms with Gasteiger partial charge in [-0.3, -0.25) is 18.8 Å². The van der Waals surface area contributed by atoms with Crippen molar-refractivity contribution in [1.82, 2.24) is 9.97 Å². The van der Waals surface area contributed by atoms with Crippen LogP contribution in [0.1, 0.15) is 0 Å². The molecule has 1 aromatic heterocycles. The number of phosphoric ester groups is 2. The summed E-state index contributed by atoms with van der Waals surface area (Å²) in [5.74, 6) is 5.28. The topological polar surface area (TPSA) is 283 Å². The Morgan fingerprint density at radius 1 is 1.26 bits per heavy atom. The van der Waals surface area contributed by atoms with E-state index in [1.165, 1.54) is 14.2 Å². The van der Waals surface area contributed by atoms with Crippen LogP contribution in [0.4, 0.5) is 17.5 Å². The van der Waals surface area contributed by atoms with E-state index in [-0.39, 0.29) is 17.5 Å². The molecule has 202 valence electrons. The van der Waals surface area contributed by atoms with E-state index in [0.29, 0.717) is 0 Å². The Morgan fingerprint density at radius 2 is 1.86 bits per heavy atom. The van der Waals surface area contributed by atoms with Crippen molar-refractivity contribution in [2.24, 2.45) is 5.84 Å². The quantitative estimate of drug-likeness (QED) is 0.0768. The van der Waals surface area contributed by atoms with Crippen molar-refractivity contribution in [2.45, 2.75) is 24.5 Å². The van der Waals surface area contributed by atoms with Crippen LogP contribution in [0.5, 0.6) is 0 Å². The molecule has 0 aromatic carbocycles. The molecule has 0 radical (unpaired) electrons. The van der Waals surface area contributed by atoms with Gasteiger partial charge >= 0.3 is 22.4 Å². The number of aliphatic hydroxyl groups is 1. The molecule has 0 bridgehead atoms. The summed E-state index contributed by atoms with van der Waals surface area (Å²) in [5, 5.41) is 14.1. The second kappa shape index (κ2) is 11.6. The Morgan fingerprint density at radius 3 is 2.40 bits per heavy atom. The SMILES string of the molecule is COC1C(Nc2nc(N)[nH]c(=O)c2N(C)N)OC(COP(=O)(O)OP(O)(=S)OP(=O)(O)OC)C1O. The molecular weight excluding hydrogens is 561 g/mol. The number of nitrogens with zero attached hydrogens (tertiary/aromatic N) is 2. The second-order valence-corrected chi connectivity index (χ2v) is 12.9. The molecule has 1 aromatic rings. The standard InChI is InChI=1S/C12H25N6O13P3S/c1-18(14)6-9(16-12(13)17-10(6)20)15-11-8(26-2)7(19)5(29-11)4-28-33(23,24)31-34(25,35)30-32(21,22)27-3/h5,7-8,11,19H,4,14H2,1-3H3,(H,21,22)(H,23,24)(H,25,35)(H4,13,15,16,17,20). The van der Waals surface area contributed by atoms with Gasteiger partial charge in [0.15, 0.2) is 17.7 Å². The maximum atomic E-state index is 12.2. The van der Waals surface area contributed by atoms with Gasteiger partial charge in [-0.25, -0.2) is 23.6 Å². The summed E-state index contributed by atoms with van der Waals surface area (Å²) < 4.78 is 51.4. The van der Waals surface area contributed by atoms with Crippen LogP contribution in [0, 0.1) is 0 Å². The van der Waals surface area contributed by atoms with E-state index in [1.807, 2.05) is 0 Å². The second-order valence-electron chi connectivity index (χ2n) is 6.74. The highest BCUT2D eigenvalue weighted by Gasteiger charge is 2.46. The average molecular weight is 586 g/mol. The first-order valence-corrected chi connectivity index (χ1v) is 14.7. The van der Waals surface area contributed by atoms with Crippen LogP contribution < -0.4 is 27.5 Å². The Kier molecular flexibility index (Phi) is 9.96. The number of hydrogen-bond acceptors (Lipinski definition) is 16. The van der Waals surface area contributed by atoms with E-state index in [4.69, 9.17) is 21.1 Å². The number of aromatic amines is 1. The van der Waals surface area contributed by atoms with Gasteiger partial charge in [0.1, 0.15) is 18.3 Å². The van der Waals surface area contributed by atoms with Crippen LogP contribution >= 0.6 is 22.4 Å². The molecule has 2 heterocycles. The van der Waals surface area contributed by atoms with Crippen molar-refractivity contribution in [3.8, 4) is 0 Å². The Hall–Kier alpha value is -1.05. The van der Waals surface area contributed by atoms with Gasteiger partial charge in [-0.1, -0.05) is 0 Å². The third kappa shape index (κ3) is 8.22.